The van der Waals surface area contributed by atoms with Gasteiger partial charge in [0, 0.05) is 23.4 Å². The summed E-state index contributed by atoms with van der Waals surface area (Å²) in [6.07, 6.45) is 3.00. The Morgan fingerprint density at radius 1 is 1.56 bits per heavy atom. The highest BCUT2D eigenvalue weighted by Gasteiger charge is 2.43. The van der Waals surface area contributed by atoms with Crippen molar-refractivity contribution in [2.45, 2.75) is 38.5 Å². The third-order valence-corrected chi connectivity index (χ3v) is 5.30. The topological polar surface area (TPSA) is 55.1 Å². The summed E-state index contributed by atoms with van der Waals surface area (Å²) in [5, 5.41) is 5.17. The van der Waals surface area contributed by atoms with Crippen LogP contribution in [0.3, 0.4) is 0 Å². The average Bonchev–Trinajstić information content (AvgIpc) is 2.80. The fourth-order valence-corrected chi connectivity index (χ4v) is 3.22. The van der Waals surface area contributed by atoms with Crippen molar-refractivity contribution in [2.75, 3.05) is 13.1 Å². The molecule has 0 bridgehead atoms. The first-order valence-corrected chi connectivity index (χ1v) is 7.40. The molecule has 1 fully saturated rings. The lowest BCUT2D eigenvalue weighted by Gasteiger charge is -2.40. The molecule has 0 aliphatic heterocycles. The van der Waals surface area contributed by atoms with Crippen LogP contribution in [0.5, 0.6) is 0 Å². The van der Waals surface area contributed by atoms with E-state index in [4.69, 9.17) is 5.73 Å². The summed E-state index contributed by atoms with van der Waals surface area (Å²) >= 11 is 1.74. The number of amides is 1. The quantitative estimate of drug-likeness (QED) is 0.859. The van der Waals surface area contributed by atoms with E-state index in [0.717, 1.165) is 19.3 Å². The SMILES string of the molecule is CC(C)(CNC(=O)C1(CN)CCC1)c1cccs1. The first-order chi connectivity index (χ1) is 8.50. The van der Waals surface area contributed by atoms with Crippen molar-refractivity contribution in [3.63, 3.8) is 0 Å². The van der Waals surface area contributed by atoms with Gasteiger partial charge in [-0.3, -0.25) is 4.79 Å². The van der Waals surface area contributed by atoms with Crippen LogP contribution in [-0.4, -0.2) is 19.0 Å². The molecule has 1 amide bonds. The van der Waals surface area contributed by atoms with Gasteiger partial charge in [-0.2, -0.15) is 0 Å². The summed E-state index contributed by atoms with van der Waals surface area (Å²) in [5.74, 6) is 0.140. The molecule has 1 aromatic heterocycles. The van der Waals surface area contributed by atoms with Gasteiger partial charge >= 0.3 is 0 Å². The van der Waals surface area contributed by atoms with E-state index >= 15 is 0 Å². The van der Waals surface area contributed by atoms with Crippen molar-refractivity contribution in [1.82, 2.24) is 5.32 Å². The minimum absolute atomic E-state index is 0.0106. The maximum absolute atomic E-state index is 12.2. The fraction of sp³-hybridized carbons (Fsp3) is 0.643. The molecule has 0 radical (unpaired) electrons. The lowest BCUT2D eigenvalue weighted by Crippen LogP contribution is -2.52. The highest BCUT2D eigenvalue weighted by atomic mass is 32.1. The highest BCUT2D eigenvalue weighted by molar-refractivity contribution is 7.10. The van der Waals surface area contributed by atoms with Gasteiger partial charge in [0.2, 0.25) is 5.91 Å². The third-order valence-electron chi connectivity index (χ3n) is 4.06. The number of hydrogen-bond donors (Lipinski definition) is 2. The van der Waals surface area contributed by atoms with Crippen molar-refractivity contribution in [2.24, 2.45) is 11.1 Å². The zero-order valence-electron chi connectivity index (χ0n) is 11.2. The second-order valence-electron chi connectivity index (χ2n) is 5.88. The summed E-state index contributed by atoms with van der Waals surface area (Å²) in [7, 11) is 0. The van der Waals surface area contributed by atoms with E-state index in [2.05, 4.69) is 36.7 Å². The van der Waals surface area contributed by atoms with Gasteiger partial charge in [-0.05, 0) is 24.3 Å². The third kappa shape index (κ3) is 2.45. The van der Waals surface area contributed by atoms with Gasteiger partial charge in [0.1, 0.15) is 0 Å². The Morgan fingerprint density at radius 2 is 2.28 bits per heavy atom. The summed E-state index contributed by atoms with van der Waals surface area (Å²) in [6, 6.07) is 4.18. The molecular formula is C14H22N2OS. The first kappa shape index (κ1) is 13.6. The molecule has 0 spiro atoms. The number of carbonyl (C=O) groups excluding carboxylic acids is 1. The van der Waals surface area contributed by atoms with Crippen LogP contribution in [0, 0.1) is 5.41 Å². The van der Waals surface area contributed by atoms with Crippen LogP contribution in [0.15, 0.2) is 17.5 Å². The van der Waals surface area contributed by atoms with Crippen molar-refractivity contribution >= 4 is 17.2 Å². The minimum atomic E-state index is -0.272. The van der Waals surface area contributed by atoms with Crippen LogP contribution in [0.25, 0.3) is 0 Å². The van der Waals surface area contributed by atoms with Crippen LogP contribution >= 0.6 is 11.3 Å². The summed E-state index contributed by atoms with van der Waals surface area (Å²) in [4.78, 5) is 13.5. The van der Waals surface area contributed by atoms with Crippen LogP contribution in [0.1, 0.15) is 38.0 Å². The van der Waals surface area contributed by atoms with Gasteiger partial charge in [0.15, 0.2) is 0 Å². The number of carbonyl (C=O) groups is 1. The summed E-state index contributed by atoms with van der Waals surface area (Å²) < 4.78 is 0. The Hall–Kier alpha value is -0.870. The molecular weight excluding hydrogens is 244 g/mol. The number of thiophene rings is 1. The van der Waals surface area contributed by atoms with Crippen molar-refractivity contribution in [3.8, 4) is 0 Å². The van der Waals surface area contributed by atoms with Crippen LogP contribution in [0.2, 0.25) is 0 Å². The van der Waals surface area contributed by atoms with E-state index in [9.17, 15) is 4.79 Å². The van der Waals surface area contributed by atoms with E-state index in [1.807, 2.05) is 0 Å². The Bertz CT molecular complexity index is 402. The van der Waals surface area contributed by atoms with Gasteiger partial charge in [-0.15, -0.1) is 11.3 Å². The zero-order chi connectivity index (χ0) is 13.2. The smallest absolute Gasteiger partial charge is 0.227 e. The largest absolute Gasteiger partial charge is 0.355 e. The Balaban J connectivity index is 1.93. The number of hydrogen-bond acceptors (Lipinski definition) is 3. The van der Waals surface area contributed by atoms with Gasteiger partial charge in [-0.1, -0.05) is 26.3 Å². The standard InChI is InChI=1S/C14H22N2OS/c1-13(2,11-5-3-8-18-11)10-16-12(17)14(9-15)6-4-7-14/h3,5,8H,4,6-7,9-10,15H2,1-2H3,(H,16,17). The Kier molecular flexibility index (Phi) is 3.78. The van der Waals surface area contributed by atoms with Crippen LogP contribution < -0.4 is 11.1 Å². The average molecular weight is 266 g/mol. The predicted molar refractivity (Wildman–Crippen MR) is 75.7 cm³/mol. The molecule has 1 aliphatic rings. The monoisotopic (exact) mass is 266 g/mol. The van der Waals surface area contributed by atoms with Crippen LogP contribution in [-0.2, 0) is 10.2 Å². The number of rotatable bonds is 5. The van der Waals surface area contributed by atoms with E-state index in [1.54, 1.807) is 11.3 Å². The molecule has 100 valence electrons. The van der Waals surface area contributed by atoms with E-state index < -0.39 is 0 Å². The highest BCUT2D eigenvalue weighted by Crippen LogP contribution is 2.40. The Morgan fingerprint density at radius 3 is 2.72 bits per heavy atom. The molecule has 2 rings (SSSR count). The molecule has 0 aromatic carbocycles. The van der Waals surface area contributed by atoms with Gasteiger partial charge in [0.05, 0.1) is 5.41 Å². The summed E-state index contributed by atoms with van der Waals surface area (Å²) in [5.41, 5.74) is 5.46. The summed E-state index contributed by atoms with van der Waals surface area (Å²) in [6.45, 7) is 5.47. The van der Waals surface area contributed by atoms with Gasteiger partial charge < -0.3 is 11.1 Å². The second kappa shape index (κ2) is 5.02. The molecule has 3 nitrogen and oxygen atoms in total. The first-order valence-electron chi connectivity index (χ1n) is 6.53. The van der Waals surface area contributed by atoms with E-state index in [1.165, 1.54) is 4.88 Å². The molecule has 0 atom stereocenters. The maximum atomic E-state index is 12.2. The van der Waals surface area contributed by atoms with Crippen molar-refractivity contribution in [1.29, 1.82) is 0 Å². The molecule has 1 heterocycles. The second-order valence-corrected chi connectivity index (χ2v) is 6.83. The molecule has 4 heteroatoms. The van der Waals surface area contributed by atoms with Crippen molar-refractivity contribution < 1.29 is 4.79 Å². The molecule has 18 heavy (non-hydrogen) atoms. The van der Waals surface area contributed by atoms with Gasteiger partial charge in [0.25, 0.3) is 0 Å². The fourth-order valence-electron chi connectivity index (χ4n) is 2.37. The predicted octanol–water partition coefficient (Wildman–Crippen LogP) is 2.27. The lowest BCUT2D eigenvalue weighted by atomic mass is 9.68. The normalized spacial score (nSPS) is 18.2. The minimum Gasteiger partial charge on any atom is -0.355 e. The van der Waals surface area contributed by atoms with Crippen molar-refractivity contribution in [3.05, 3.63) is 22.4 Å². The Labute approximate surface area is 113 Å². The van der Waals surface area contributed by atoms with E-state index in [-0.39, 0.29) is 16.7 Å². The van der Waals surface area contributed by atoms with Gasteiger partial charge in [-0.25, -0.2) is 0 Å². The lowest BCUT2D eigenvalue weighted by molar-refractivity contribution is -0.135. The van der Waals surface area contributed by atoms with Crippen LogP contribution in [0.4, 0.5) is 0 Å². The number of nitrogens with one attached hydrogen (secondary N) is 1. The molecule has 1 aromatic rings. The van der Waals surface area contributed by atoms with E-state index in [0.29, 0.717) is 13.1 Å². The molecule has 3 N–H and O–H groups in total. The number of nitrogens with two attached hydrogens (primary N) is 1. The maximum Gasteiger partial charge on any atom is 0.227 e. The molecule has 1 saturated carbocycles. The molecule has 0 saturated heterocycles. The molecule has 1 aliphatic carbocycles. The molecule has 0 unspecified atom stereocenters. The zero-order valence-corrected chi connectivity index (χ0v) is 12.0.